The van der Waals surface area contributed by atoms with E-state index in [0.717, 1.165) is 19.3 Å². The quantitative estimate of drug-likeness (QED) is 0.687. The SMILES string of the molecule is C=CCN(C(=O)N(CCC)CC(=O)O)C1CC1. The van der Waals surface area contributed by atoms with E-state index in [2.05, 4.69) is 6.58 Å². The van der Waals surface area contributed by atoms with E-state index in [1.807, 2.05) is 6.92 Å². The second-order valence-corrected chi connectivity index (χ2v) is 4.27. The molecule has 0 aromatic heterocycles. The molecule has 0 bridgehead atoms. The maximum absolute atomic E-state index is 12.2. The van der Waals surface area contributed by atoms with Crippen LogP contribution in [0.5, 0.6) is 0 Å². The average Bonchev–Trinajstić information content (AvgIpc) is 3.07. The molecule has 0 heterocycles. The Kier molecular flexibility index (Phi) is 5.00. The fourth-order valence-corrected chi connectivity index (χ4v) is 1.77. The summed E-state index contributed by atoms with van der Waals surface area (Å²) in [6, 6.07) is 0.0882. The maximum Gasteiger partial charge on any atom is 0.323 e. The molecular formula is C12H20N2O3. The van der Waals surface area contributed by atoms with Crippen LogP contribution in [0.25, 0.3) is 0 Å². The molecule has 0 saturated heterocycles. The third-order valence-electron chi connectivity index (χ3n) is 2.65. The van der Waals surface area contributed by atoms with Gasteiger partial charge in [-0.25, -0.2) is 4.79 Å². The Morgan fingerprint density at radius 2 is 2.12 bits per heavy atom. The van der Waals surface area contributed by atoms with Gasteiger partial charge in [0.25, 0.3) is 0 Å². The summed E-state index contributed by atoms with van der Waals surface area (Å²) in [5.41, 5.74) is 0. The van der Waals surface area contributed by atoms with Crippen molar-refractivity contribution in [2.45, 2.75) is 32.2 Å². The Bertz CT molecular complexity index is 300. The number of rotatable bonds is 7. The van der Waals surface area contributed by atoms with E-state index in [1.54, 1.807) is 11.0 Å². The monoisotopic (exact) mass is 240 g/mol. The van der Waals surface area contributed by atoms with Crippen molar-refractivity contribution in [3.8, 4) is 0 Å². The highest BCUT2D eigenvalue weighted by Gasteiger charge is 2.34. The van der Waals surface area contributed by atoms with Gasteiger partial charge in [-0.2, -0.15) is 0 Å². The second-order valence-electron chi connectivity index (χ2n) is 4.27. The van der Waals surface area contributed by atoms with E-state index < -0.39 is 5.97 Å². The van der Waals surface area contributed by atoms with Gasteiger partial charge in [-0.3, -0.25) is 4.79 Å². The first-order valence-electron chi connectivity index (χ1n) is 5.98. The highest BCUT2D eigenvalue weighted by atomic mass is 16.4. The van der Waals surface area contributed by atoms with Crippen molar-refractivity contribution in [2.75, 3.05) is 19.6 Å². The van der Waals surface area contributed by atoms with E-state index in [0.29, 0.717) is 13.1 Å². The molecule has 0 atom stereocenters. The summed E-state index contributed by atoms with van der Waals surface area (Å²) in [5, 5.41) is 8.79. The van der Waals surface area contributed by atoms with Crippen molar-refractivity contribution in [3.63, 3.8) is 0 Å². The molecule has 0 radical (unpaired) electrons. The van der Waals surface area contributed by atoms with Crippen LogP contribution in [0.2, 0.25) is 0 Å². The minimum Gasteiger partial charge on any atom is -0.480 e. The Hall–Kier alpha value is -1.52. The molecule has 0 spiro atoms. The summed E-state index contributed by atoms with van der Waals surface area (Å²) in [6.07, 6.45) is 4.45. The minimum atomic E-state index is -0.971. The summed E-state index contributed by atoms with van der Waals surface area (Å²) < 4.78 is 0. The van der Waals surface area contributed by atoms with Crippen molar-refractivity contribution < 1.29 is 14.7 Å². The first-order valence-corrected chi connectivity index (χ1v) is 5.98. The molecule has 17 heavy (non-hydrogen) atoms. The molecule has 1 fully saturated rings. The van der Waals surface area contributed by atoms with Gasteiger partial charge in [-0.15, -0.1) is 6.58 Å². The zero-order valence-corrected chi connectivity index (χ0v) is 10.3. The van der Waals surface area contributed by atoms with Gasteiger partial charge in [0.1, 0.15) is 6.54 Å². The van der Waals surface area contributed by atoms with Gasteiger partial charge >= 0.3 is 12.0 Å². The second kappa shape index (κ2) is 6.27. The molecular weight excluding hydrogens is 220 g/mol. The van der Waals surface area contributed by atoms with Crippen LogP contribution in [0, 0.1) is 0 Å². The van der Waals surface area contributed by atoms with Gasteiger partial charge in [0.15, 0.2) is 0 Å². The third-order valence-corrected chi connectivity index (χ3v) is 2.65. The topological polar surface area (TPSA) is 60.9 Å². The zero-order chi connectivity index (χ0) is 12.8. The zero-order valence-electron chi connectivity index (χ0n) is 10.3. The number of carboxylic acids is 1. The van der Waals surface area contributed by atoms with Crippen LogP contribution in [0.4, 0.5) is 4.79 Å². The van der Waals surface area contributed by atoms with Crippen LogP contribution in [-0.4, -0.2) is 52.6 Å². The normalized spacial score (nSPS) is 14.2. The van der Waals surface area contributed by atoms with Gasteiger partial charge in [0.05, 0.1) is 0 Å². The number of carbonyl (C=O) groups is 2. The summed E-state index contributed by atoms with van der Waals surface area (Å²) in [4.78, 5) is 26.0. The van der Waals surface area contributed by atoms with Crippen molar-refractivity contribution in [1.29, 1.82) is 0 Å². The van der Waals surface area contributed by atoms with Gasteiger partial charge in [-0.05, 0) is 19.3 Å². The summed E-state index contributed by atoms with van der Waals surface area (Å²) in [7, 11) is 0. The number of hydrogen-bond acceptors (Lipinski definition) is 2. The van der Waals surface area contributed by atoms with Crippen molar-refractivity contribution in [3.05, 3.63) is 12.7 Å². The highest BCUT2D eigenvalue weighted by molar-refractivity contribution is 5.80. The molecule has 2 amide bonds. The number of amides is 2. The molecule has 1 aliphatic carbocycles. The first-order chi connectivity index (χ1) is 8.10. The lowest BCUT2D eigenvalue weighted by atomic mass is 10.4. The maximum atomic E-state index is 12.2. The van der Waals surface area contributed by atoms with Crippen LogP contribution in [0.15, 0.2) is 12.7 Å². The lowest BCUT2D eigenvalue weighted by molar-refractivity contribution is -0.137. The third kappa shape index (κ3) is 4.09. The predicted molar refractivity (Wildman–Crippen MR) is 64.8 cm³/mol. The molecule has 1 aliphatic rings. The Morgan fingerprint density at radius 3 is 2.53 bits per heavy atom. The standard InChI is InChI=1S/C12H20N2O3/c1-3-7-13(9-11(15)16)12(17)14(8-4-2)10-5-6-10/h4,10H,2-3,5-9H2,1H3,(H,15,16). The number of aliphatic carboxylic acids is 1. The molecule has 96 valence electrons. The Labute approximate surface area is 102 Å². The number of carboxylic acid groups (broad SMARTS) is 1. The molecule has 0 unspecified atom stereocenters. The summed E-state index contributed by atoms with van der Waals surface area (Å²) in [6.45, 7) is 6.30. The average molecular weight is 240 g/mol. The Balaban J connectivity index is 2.65. The number of hydrogen-bond donors (Lipinski definition) is 1. The highest BCUT2D eigenvalue weighted by Crippen LogP contribution is 2.27. The van der Waals surface area contributed by atoms with Crippen molar-refractivity contribution >= 4 is 12.0 Å². The van der Waals surface area contributed by atoms with E-state index in [9.17, 15) is 9.59 Å². The number of nitrogens with zero attached hydrogens (tertiary/aromatic N) is 2. The summed E-state index contributed by atoms with van der Waals surface area (Å²) in [5.74, 6) is -0.971. The Morgan fingerprint density at radius 1 is 1.47 bits per heavy atom. The summed E-state index contributed by atoms with van der Waals surface area (Å²) >= 11 is 0. The lowest BCUT2D eigenvalue weighted by Gasteiger charge is -2.28. The number of carbonyl (C=O) groups excluding carboxylic acids is 1. The molecule has 0 aliphatic heterocycles. The number of urea groups is 1. The van der Waals surface area contributed by atoms with Crippen LogP contribution in [-0.2, 0) is 4.79 Å². The van der Waals surface area contributed by atoms with Crippen LogP contribution >= 0.6 is 0 Å². The van der Waals surface area contributed by atoms with Crippen LogP contribution in [0.3, 0.4) is 0 Å². The van der Waals surface area contributed by atoms with Gasteiger partial charge in [0, 0.05) is 19.1 Å². The molecule has 0 aromatic rings. The molecule has 0 aromatic carbocycles. The fraction of sp³-hybridized carbons (Fsp3) is 0.667. The van der Waals surface area contributed by atoms with Gasteiger partial charge < -0.3 is 14.9 Å². The van der Waals surface area contributed by atoms with Crippen molar-refractivity contribution in [1.82, 2.24) is 9.80 Å². The largest absolute Gasteiger partial charge is 0.480 e. The predicted octanol–water partition coefficient (Wildman–Crippen LogP) is 1.55. The van der Waals surface area contributed by atoms with E-state index in [1.165, 1.54) is 4.90 Å². The molecule has 1 saturated carbocycles. The van der Waals surface area contributed by atoms with E-state index >= 15 is 0 Å². The van der Waals surface area contributed by atoms with E-state index in [-0.39, 0.29) is 18.6 Å². The van der Waals surface area contributed by atoms with Gasteiger partial charge in [-0.1, -0.05) is 13.0 Å². The van der Waals surface area contributed by atoms with Crippen LogP contribution < -0.4 is 0 Å². The first kappa shape index (κ1) is 13.5. The minimum absolute atomic E-state index is 0.184. The molecule has 5 heteroatoms. The van der Waals surface area contributed by atoms with Gasteiger partial charge in [0.2, 0.25) is 0 Å². The molecule has 1 rings (SSSR count). The van der Waals surface area contributed by atoms with Crippen molar-refractivity contribution in [2.24, 2.45) is 0 Å². The molecule has 1 N–H and O–H groups in total. The molecule has 5 nitrogen and oxygen atoms in total. The smallest absolute Gasteiger partial charge is 0.323 e. The van der Waals surface area contributed by atoms with Crippen LogP contribution in [0.1, 0.15) is 26.2 Å². The lowest BCUT2D eigenvalue weighted by Crippen LogP contribution is -2.46. The van der Waals surface area contributed by atoms with E-state index in [4.69, 9.17) is 5.11 Å². The fourth-order valence-electron chi connectivity index (χ4n) is 1.77.